The van der Waals surface area contributed by atoms with Crippen molar-refractivity contribution in [1.29, 1.82) is 0 Å². The van der Waals surface area contributed by atoms with Gasteiger partial charge in [-0.3, -0.25) is 9.78 Å². The van der Waals surface area contributed by atoms with Crippen LogP contribution in [0.1, 0.15) is 16.2 Å². The Morgan fingerprint density at radius 2 is 1.79 bits per heavy atom. The van der Waals surface area contributed by atoms with E-state index in [9.17, 15) is 9.18 Å². The zero-order valence-electron chi connectivity index (χ0n) is 12.6. The van der Waals surface area contributed by atoms with Crippen LogP contribution in [-0.4, -0.2) is 25.8 Å². The Balaban J connectivity index is 1.67. The Bertz CT molecular complexity index is 853. The van der Waals surface area contributed by atoms with Crippen molar-refractivity contribution in [3.8, 4) is 11.8 Å². The fourth-order valence-corrected chi connectivity index (χ4v) is 1.76. The van der Waals surface area contributed by atoms with Crippen molar-refractivity contribution in [3.05, 3.63) is 66.3 Å². The lowest BCUT2D eigenvalue weighted by atomic mass is 10.3. The van der Waals surface area contributed by atoms with Gasteiger partial charge in [-0.2, -0.15) is 0 Å². The molecule has 0 saturated heterocycles. The smallest absolute Gasteiger partial charge is 0.322 e. The van der Waals surface area contributed by atoms with Crippen LogP contribution in [0.4, 0.5) is 10.1 Å². The highest BCUT2D eigenvalue weighted by Crippen LogP contribution is 2.21. The van der Waals surface area contributed by atoms with Gasteiger partial charge in [-0.25, -0.2) is 19.3 Å². The number of hydrogen-bond acceptors (Lipinski definition) is 6. The van der Waals surface area contributed by atoms with Gasteiger partial charge >= 0.3 is 6.01 Å². The highest BCUT2D eigenvalue weighted by Gasteiger charge is 2.10. The first-order chi connectivity index (χ1) is 11.6. The average molecular weight is 325 g/mol. The number of anilines is 1. The first-order valence-corrected chi connectivity index (χ1v) is 6.96. The van der Waals surface area contributed by atoms with Crippen LogP contribution in [0.2, 0.25) is 0 Å². The minimum absolute atomic E-state index is 0.0178. The third-order valence-corrected chi connectivity index (χ3v) is 2.94. The maximum atomic E-state index is 13.5. The quantitative estimate of drug-likeness (QED) is 0.793. The van der Waals surface area contributed by atoms with Crippen molar-refractivity contribution in [3.63, 3.8) is 0 Å². The standard InChI is InChI=1S/C16H12FN5O2/c1-10-6-19-13(9-18-10)15(23)22-11-7-20-16(21-8-11)24-14-5-3-2-4-12(14)17/h2-9H,1H3,(H,22,23). The van der Waals surface area contributed by atoms with Crippen molar-refractivity contribution in [2.24, 2.45) is 0 Å². The van der Waals surface area contributed by atoms with E-state index in [2.05, 4.69) is 25.3 Å². The summed E-state index contributed by atoms with van der Waals surface area (Å²) in [7, 11) is 0. The molecule has 3 rings (SSSR count). The Morgan fingerprint density at radius 3 is 2.46 bits per heavy atom. The molecule has 0 aliphatic heterocycles. The fourth-order valence-electron chi connectivity index (χ4n) is 1.76. The van der Waals surface area contributed by atoms with E-state index >= 15 is 0 Å². The van der Waals surface area contributed by atoms with Crippen molar-refractivity contribution in [2.45, 2.75) is 6.92 Å². The number of nitrogens with zero attached hydrogens (tertiary/aromatic N) is 4. The number of carbonyl (C=O) groups excluding carboxylic acids is 1. The second-order valence-electron chi connectivity index (χ2n) is 4.78. The molecule has 0 atom stereocenters. The van der Waals surface area contributed by atoms with Crippen LogP contribution >= 0.6 is 0 Å². The zero-order valence-corrected chi connectivity index (χ0v) is 12.6. The summed E-state index contributed by atoms with van der Waals surface area (Å²) >= 11 is 0. The molecule has 7 nitrogen and oxygen atoms in total. The van der Waals surface area contributed by atoms with Crippen LogP contribution in [0.5, 0.6) is 11.8 Å². The Kier molecular flexibility index (Phi) is 4.37. The molecular formula is C16H12FN5O2. The number of benzene rings is 1. The number of aromatic nitrogens is 4. The highest BCUT2D eigenvalue weighted by molar-refractivity contribution is 6.02. The van der Waals surface area contributed by atoms with Gasteiger partial charge in [0.2, 0.25) is 0 Å². The van der Waals surface area contributed by atoms with Gasteiger partial charge in [0.1, 0.15) is 5.69 Å². The van der Waals surface area contributed by atoms with Crippen LogP contribution in [0.15, 0.2) is 49.1 Å². The molecule has 2 aromatic heterocycles. The van der Waals surface area contributed by atoms with E-state index in [1.54, 1.807) is 19.1 Å². The molecule has 8 heteroatoms. The van der Waals surface area contributed by atoms with Crippen molar-refractivity contribution < 1.29 is 13.9 Å². The fraction of sp³-hybridized carbons (Fsp3) is 0.0625. The van der Waals surface area contributed by atoms with Gasteiger partial charge < -0.3 is 10.1 Å². The Hall–Kier alpha value is -3.42. The van der Waals surface area contributed by atoms with Crippen molar-refractivity contribution >= 4 is 11.6 Å². The lowest BCUT2D eigenvalue weighted by molar-refractivity contribution is 0.102. The third kappa shape index (κ3) is 3.67. The molecule has 1 aromatic carbocycles. The van der Waals surface area contributed by atoms with Crippen LogP contribution in [0.25, 0.3) is 0 Å². The summed E-state index contributed by atoms with van der Waals surface area (Å²) in [5, 5.41) is 2.58. The highest BCUT2D eigenvalue weighted by atomic mass is 19.1. The molecule has 0 fully saturated rings. The molecule has 0 saturated carbocycles. The van der Waals surface area contributed by atoms with E-state index in [1.807, 2.05) is 0 Å². The van der Waals surface area contributed by atoms with Gasteiger partial charge in [-0.15, -0.1) is 0 Å². The first-order valence-electron chi connectivity index (χ1n) is 6.96. The van der Waals surface area contributed by atoms with Gasteiger partial charge in [-0.05, 0) is 19.1 Å². The summed E-state index contributed by atoms with van der Waals surface area (Å²) in [6.07, 6.45) is 5.57. The molecule has 24 heavy (non-hydrogen) atoms. The number of halogens is 1. The van der Waals surface area contributed by atoms with E-state index in [4.69, 9.17) is 4.74 Å². The molecule has 120 valence electrons. The first kappa shape index (κ1) is 15.5. The van der Waals surface area contributed by atoms with Crippen LogP contribution in [0, 0.1) is 12.7 Å². The molecule has 1 amide bonds. The number of aryl methyl sites for hydroxylation is 1. The molecule has 3 aromatic rings. The largest absolute Gasteiger partial charge is 0.421 e. The SMILES string of the molecule is Cc1cnc(C(=O)Nc2cnc(Oc3ccccc3F)nc2)cn1. The molecule has 0 aliphatic rings. The van der Waals surface area contributed by atoms with Crippen LogP contribution in [-0.2, 0) is 0 Å². The number of nitrogens with one attached hydrogen (secondary N) is 1. The van der Waals surface area contributed by atoms with Crippen molar-refractivity contribution in [1.82, 2.24) is 19.9 Å². The molecule has 2 heterocycles. The monoisotopic (exact) mass is 325 g/mol. The number of amides is 1. The Morgan fingerprint density at radius 1 is 1.04 bits per heavy atom. The average Bonchev–Trinajstić information content (AvgIpc) is 2.59. The molecule has 0 spiro atoms. The summed E-state index contributed by atoms with van der Waals surface area (Å²) < 4.78 is 18.7. The van der Waals surface area contributed by atoms with Gasteiger partial charge in [0.15, 0.2) is 11.6 Å². The van der Waals surface area contributed by atoms with Gasteiger partial charge in [0.25, 0.3) is 5.91 Å². The van der Waals surface area contributed by atoms with Crippen molar-refractivity contribution in [2.75, 3.05) is 5.32 Å². The van der Waals surface area contributed by atoms with Gasteiger partial charge in [0, 0.05) is 6.20 Å². The zero-order chi connectivity index (χ0) is 16.9. The van der Waals surface area contributed by atoms with Gasteiger partial charge in [0.05, 0.1) is 30.0 Å². The number of rotatable bonds is 4. The minimum Gasteiger partial charge on any atom is -0.421 e. The van der Waals surface area contributed by atoms with E-state index in [0.717, 1.165) is 0 Å². The Labute approximate surface area is 136 Å². The van der Waals surface area contributed by atoms with E-state index in [-0.39, 0.29) is 17.5 Å². The molecule has 0 radical (unpaired) electrons. The third-order valence-electron chi connectivity index (χ3n) is 2.94. The molecule has 1 N–H and O–H groups in total. The lowest BCUT2D eigenvalue weighted by Gasteiger charge is -2.06. The number of carbonyl (C=O) groups is 1. The molecular weight excluding hydrogens is 313 g/mol. The normalized spacial score (nSPS) is 10.2. The lowest BCUT2D eigenvalue weighted by Crippen LogP contribution is -2.14. The second kappa shape index (κ2) is 6.78. The van der Waals surface area contributed by atoms with Crippen LogP contribution in [0.3, 0.4) is 0 Å². The van der Waals surface area contributed by atoms with Crippen LogP contribution < -0.4 is 10.1 Å². The molecule has 0 aliphatic carbocycles. The second-order valence-corrected chi connectivity index (χ2v) is 4.78. The topological polar surface area (TPSA) is 89.9 Å². The number of para-hydroxylation sites is 1. The number of hydrogen-bond donors (Lipinski definition) is 1. The predicted octanol–water partition coefficient (Wildman–Crippen LogP) is 2.76. The number of ether oxygens (including phenoxy) is 1. The molecule has 0 bridgehead atoms. The minimum atomic E-state index is -0.517. The predicted molar refractivity (Wildman–Crippen MR) is 83.2 cm³/mol. The van der Waals surface area contributed by atoms with Gasteiger partial charge in [-0.1, -0.05) is 12.1 Å². The maximum absolute atomic E-state index is 13.5. The maximum Gasteiger partial charge on any atom is 0.322 e. The molecule has 0 unspecified atom stereocenters. The summed E-state index contributed by atoms with van der Waals surface area (Å²) in [6.45, 7) is 1.77. The van der Waals surface area contributed by atoms with E-state index < -0.39 is 11.7 Å². The van der Waals surface area contributed by atoms with E-state index in [0.29, 0.717) is 11.4 Å². The summed E-state index contributed by atoms with van der Waals surface area (Å²) in [5.74, 6) is -0.936. The summed E-state index contributed by atoms with van der Waals surface area (Å²) in [5.41, 5.74) is 1.24. The van der Waals surface area contributed by atoms with E-state index in [1.165, 1.54) is 36.9 Å². The summed E-state index contributed by atoms with van der Waals surface area (Å²) in [6, 6.07) is 5.88. The summed E-state index contributed by atoms with van der Waals surface area (Å²) in [4.78, 5) is 27.8.